The minimum absolute atomic E-state index is 0.143. The summed E-state index contributed by atoms with van der Waals surface area (Å²) in [5.74, 6) is -1.68. The Morgan fingerprint density at radius 2 is 2.00 bits per heavy atom. The van der Waals surface area contributed by atoms with Crippen molar-refractivity contribution in [1.82, 2.24) is 25.0 Å². The number of hydrogen-bond donors (Lipinski definition) is 1. The highest BCUT2D eigenvalue weighted by molar-refractivity contribution is 5.72. The molecule has 10 heteroatoms. The highest BCUT2D eigenvalue weighted by Gasteiger charge is 2.38. The Hall–Kier alpha value is -3.17. The van der Waals surface area contributed by atoms with Crippen LogP contribution < -0.4 is 5.32 Å². The minimum Gasteiger partial charge on any atom is -0.351 e. The molecule has 1 aromatic carbocycles. The summed E-state index contributed by atoms with van der Waals surface area (Å²) >= 11 is 0. The van der Waals surface area contributed by atoms with E-state index in [2.05, 4.69) is 25.0 Å². The fraction of sp³-hybridized carbons (Fsp3) is 0.200. The highest BCUT2D eigenvalue weighted by atomic mass is 19.4. The Morgan fingerprint density at radius 3 is 2.60 bits per heavy atom. The van der Waals surface area contributed by atoms with Gasteiger partial charge in [0.05, 0.1) is 18.6 Å². The van der Waals surface area contributed by atoms with Crippen molar-refractivity contribution in [2.24, 2.45) is 0 Å². The molecular weight excluding hydrogens is 339 g/mol. The molecule has 0 radical (unpaired) electrons. The SMILES string of the molecule is CC(=O)NCc1cn(-c2ccc(-c3noc(C(F)(F)F)n3)cc2)cn1. The number of hydrogen-bond acceptors (Lipinski definition) is 5. The van der Waals surface area contributed by atoms with Gasteiger partial charge in [0.2, 0.25) is 11.7 Å². The Balaban J connectivity index is 1.76. The zero-order valence-corrected chi connectivity index (χ0v) is 12.9. The van der Waals surface area contributed by atoms with E-state index >= 15 is 0 Å². The zero-order chi connectivity index (χ0) is 18.0. The first kappa shape index (κ1) is 16.7. The molecule has 25 heavy (non-hydrogen) atoms. The fourth-order valence-electron chi connectivity index (χ4n) is 2.05. The molecule has 0 saturated heterocycles. The smallest absolute Gasteiger partial charge is 0.351 e. The Labute approximate surface area is 139 Å². The monoisotopic (exact) mass is 351 g/mol. The van der Waals surface area contributed by atoms with E-state index in [-0.39, 0.29) is 11.7 Å². The van der Waals surface area contributed by atoms with E-state index in [0.29, 0.717) is 17.8 Å². The van der Waals surface area contributed by atoms with Crippen LogP contribution in [-0.2, 0) is 17.5 Å². The molecule has 1 N–H and O–H groups in total. The van der Waals surface area contributed by atoms with Crippen LogP contribution in [-0.4, -0.2) is 25.6 Å². The molecule has 1 amide bonds. The van der Waals surface area contributed by atoms with Crippen molar-refractivity contribution in [3.63, 3.8) is 0 Å². The van der Waals surface area contributed by atoms with E-state index in [1.807, 2.05) is 0 Å². The van der Waals surface area contributed by atoms with Crippen molar-refractivity contribution < 1.29 is 22.5 Å². The van der Waals surface area contributed by atoms with Crippen LogP contribution in [0, 0.1) is 0 Å². The standard InChI is InChI=1S/C15H12F3N5O2/c1-9(24)19-6-11-7-23(8-20-11)12-4-2-10(3-5-12)13-21-14(25-22-13)15(16,17)18/h2-5,7-8H,6H2,1H3,(H,19,24). The second-order valence-corrected chi connectivity index (χ2v) is 5.15. The van der Waals surface area contributed by atoms with Crippen molar-refractivity contribution in [2.45, 2.75) is 19.6 Å². The molecule has 0 spiro atoms. The maximum atomic E-state index is 12.5. The van der Waals surface area contributed by atoms with Gasteiger partial charge in [0.15, 0.2) is 0 Å². The second kappa shape index (κ2) is 6.38. The van der Waals surface area contributed by atoms with Crippen LogP contribution in [0.3, 0.4) is 0 Å². The molecule has 0 aliphatic rings. The largest absolute Gasteiger partial charge is 0.471 e. The van der Waals surface area contributed by atoms with Crippen molar-refractivity contribution in [1.29, 1.82) is 0 Å². The average Bonchev–Trinajstić information content (AvgIpc) is 3.22. The van der Waals surface area contributed by atoms with E-state index in [4.69, 9.17) is 0 Å². The predicted octanol–water partition coefficient (Wildman–Crippen LogP) is 2.58. The van der Waals surface area contributed by atoms with Crippen LogP contribution in [0.4, 0.5) is 13.2 Å². The van der Waals surface area contributed by atoms with Crippen LogP contribution in [0.15, 0.2) is 41.3 Å². The summed E-state index contributed by atoms with van der Waals surface area (Å²) in [5, 5.41) is 5.97. The van der Waals surface area contributed by atoms with Crippen LogP contribution >= 0.6 is 0 Å². The third kappa shape index (κ3) is 3.84. The van der Waals surface area contributed by atoms with E-state index in [1.54, 1.807) is 41.4 Å². The van der Waals surface area contributed by atoms with Gasteiger partial charge in [0.1, 0.15) is 0 Å². The van der Waals surface area contributed by atoms with Gasteiger partial charge in [-0.1, -0.05) is 5.16 Å². The lowest BCUT2D eigenvalue weighted by Gasteiger charge is -2.02. The third-order valence-corrected chi connectivity index (χ3v) is 3.25. The normalized spacial score (nSPS) is 11.5. The number of rotatable bonds is 4. The number of alkyl halides is 3. The Morgan fingerprint density at radius 1 is 1.28 bits per heavy atom. The summed E-state index contributed by atoms with van der Waals surface area (Å²) in [6.07, 6.45) is -1.37. The van der Waals surface area contributed by atoms with Crippen LogP contribution in [0.5, 0.6) is 0 Å². The van der Waals surface area contributed by atoms with Gasteiger partial charge in [-0.2, -0.15) is 18.2 Å². The summed E-state index contributed by atoms with van der Waals surface area (Å²) in [5.41, 5.74) is 1.80. The van der Waals surface area contributed by atoms with E-state index < -0.39 is 12.1 Å². The van der Waals surface area contributed by atoms with Crippen LogP contribution in [0.2, 0.25) is 0 Å². The third-order valence-electron chi connectivity index (χ3n) is 3.25. The average molecular weight is 351 g/mol. The molecular formula is C15H12F3N5O2. The summed E-state index contributed by atoms with van der Waals surface area (Å²) in [6.45, 7) is 1.72. The second-order valence-electron chi connectivity index (χ2n) is 5.15. The number of benzene rings is 1. The number of carbonyl (C=O) groups excluding carboxylic acids is 1. The predicted molar refractivity (Wildman–Crippen MR) is 79.4 cm³/mol. The van der Waals surface area contributed by atoms with E-state index in [9.17, 15) is 18.0 Å². The molecule has 7 nitrogen and oxygen atoms in total. The summed E-state index contributed by atoms with van der Waals surface area (Å²) < 4.78 is 43.4. The van der Waals surface area contributed by atoms with Crippen molar-refractivity contribution >= 4 is 5.91 Å². The molecule has 0 saturated carbocycles. The maximum absolute atomic E-state index is 12.5. The molecule has 0 bridgehead atoms. The summed E-state index contributed by atoms with van der Waals surface area (Å²) in [6, 6.07) is 6.52. The lowest BCUT2D eigenvalue weighted by Crippen LogP contribution is -2.18. The van der Waals surface area contributed by atoms with Gasteiger partial charge in [-0.05, 0) is 24.3 Å². The van der Waals surface area contributed by atoms with Gasteiger partial charge >= 0.3 is 12.1 Å². The number of imidazole rings is 1. The van der Waals surface area contributed by atoms with E-state index in [1.165, 1.54) is 6.92 Å². The summed E-state index contributed by atoms with van der Waals surface area (Å²) in [7, 11) is 0. The van der Waals surface area contributed by atoms with Crippen molar-refractivity contribution in [3.8, 4) is 17.1 Å². The Kier molecular flexibility index (Phi) is 4.26. The number of carbonyl (C=O) groups is 1. The molecule has 2 aromatic heterocycles. The van der Waals surface area contributed by atoms with Gasteiger partial charge in [-0.3, -0.25) is 4.79 Å². The molecule has 0 fully saturated rings. The van der Waals surface area contributed by atoms with Gasteiger partial charge in [0, 0.05) is 24.4 Å². The van der Waals surface area contributed by atoms with Gasteiger partial charge in [0.25, 0.3) is 0 Å². The topological polar surface area (TPSA) is 85.8 Å². The molecule has 3 rings (SSSR count). The van der Waals surface area contributed by atoms with Gasteiger partial charge in [-0.25, -0.2) is 4.98 Å². The molecule has 0 aliphatic heterocycles. The number of halogens is 3. The van der Waals surface area contributed by atoms with Crippen LogP contribution in [0.25, 0.3) is 17.1 Å². The first-order chi connectivity index (χ1) is 11.8. The minimum atomic E-state index is -4.67. The first-order valence-corrected chi connectivity index (χ1v) is 7.12. The Bertz CT molecular complexity index is 883. The van der Waals surface area contributed by atoms with Crippen LogP contribution in [0.1, 0.15) is 18.5 Å². The lowest BCUT2D eigenvalue weighted by molar-refractivity contribution is -0.159. The van der Waals surface area contributed by atoms with Gasteiger partial charge in [-0.15, -0.1) is 0 Å². The molecule has 2 heterocycles. The number of aromatic nitrogens is 4. The molecule has 0 unspecified atom stereocenters. The summed E-state index contributed by atoms with van der Waals surface area (Å²) in [4.78, 5) is 18.4. The number of nitrogens with one attached hydrogen (secondary N) is 1. The maximum Gasteiger partial charge on any atom is 0.471 e. The number of amides is 1. The molecule has 3 aromatic rings. The van der Waals surface area contributed by atoms with Crippen molar-refractivity contribution in [3.05, 3.63) is 48.4 Å². The van der Waals surface area contributed by atoms with E-state index in [0.717, 1.165) is 5.69 Å². The fourth-order valence-corrected chi connectivity index (χ4v) is 2.05. The van der Waals surface area contributed by atoms with Gasteiger partial charge < -0.3 is 14.4 Å². The molecule has 0 aliphatic carbocycles. The quantitative estimate of drug-likeness (QED) is 0.781. The number of nitrogens with zero attached hydrogens (tertiary/aromatic N) is 4. The zero-order valence-electron chi connectivity index (χ0n) is 12.9. The first-order valence-electron chi connectivity index (χ1n) is 7.12. The van der Waals surface area contributed by atoms with Crippen molar-refractivity contribution in [2.75, 3.05) is 0 Å². The highest BCUT2D eigenvalue weighted by Crippen LogP contribution is 2.29. The molecule has 0 atom stereocenters. The molecule has 130 valence electrons. The lowest BCUT2D eigenvalue weighted by atomic mass is 10.2.